The number of para-hydroxylation sites is 1. The molecule has 0 aliphatic carbocycles. The minimum atomic E-state index is -3.37. The average molecular weight is 418 g/mol. The van der Waals surface area contributed by atoms with Gasteiger partial charge in [0.25, 0.3) is 5.91 Å². The number of nitrogens with one attached hydrogen (secondary N) is 2. The molecule has 2 aromatic carbocycles. The summed E-state index contributed by atoms with van der Waals surface area (Å²) in [5, 5.41) is 5.10. The first kappa shape index (κ1) is 22.1. The number of rotatable bonds is 7. The Morgan fingerprint density at radius 1 is 0.931 bits per heavy atom. The van der Waals surface area contributed by atoms with Gasteiger partial charge in [-0.15, -0.1) is 0 Å². The first-order valence-corrected chi connectivity index (χ1v) is 10.6. The number of carbonyl (C=O) groups is 3. The van der Waals surface area contributed by atoms with Crippen molar-refractivity contribution in [3.05, 3.63) is 59.2 Å². The van der Waals surface area contributed by atoms with Crippen molar-refractivity contribution in [2.45, 2.75) is 18.7 Å². The highest BCUT2D eigenvalue weighted by Crippen LogP contribution is 2.19. The van der Waals surface area contributed by atoms with Crippen LogP contribution in [-0.2, 0) is 24.2 Å². The van der Waals surface area contributed by atoms with Crippen LogP contribution in [0.2, 0.25) is 0 Å². The maximum atomic E-state index is 12.0. The highest BCUT2D eigenvalue weighted by atomic mass is 32.2. The Balaban J connectivity index is 1.80. The molecule has 0 aliphatic heterocycles. The van der Waals surface area contributed by atoms with Gasteiger partial charge in [-0.3, -0.25) is 9.59 Å². The Hall–Kier alpha value is -3.20. The van der Waals surface area contributed by atoms with Gasteiger partial charge in [0.05, 0.1) is 17.0 Å². The van der Waals surface area contributed by atoms with Crippen molar-refractivity contribution in [3.63, 3.8) is 0 Å². The Bertz CT molecular complexity index is 1010. The number of amides is 2. The summed E-state index contributed by atoms with van der Waals surface area (Å²) < 4.78 is 27.7. The van der Waals surface area contributed by atoms with E-state index >= 15 is 0 Å². The standard InChI is InChI=1S/C20H22N2O6S/c1-13-5-4-6-14(2)19(13)22-17(23)11-21-18(24)12-28-20(25)15-7-9-16(10-8-15)29(3,26)27/h4-10H,11-12H2,1-3H3,(H,21,24)(H,22,23). The molecule has 0 heterocycles. The van der Waals surface area contributed by atoms with E-state index in [9.17, 15) is 22.8 Å². The molecule has 0 aliphatic rings. The lowest BCUT2D eigenvalue weighted by Crippen LogP contribution is -2.35. The number of benzene rings is 2. The average Bonchev–Trinajstić information content (AvgIpc) is 2.67. The quantitative estimate of drug-likeness (QED) is 0.660. The summed E-state index contributed by atoms with van der Waals surface area (Å²) in [4.78, 5) is 35.8. The summed E-state index contributed by atoms with van der Waals surface area (Å²) in [6.45, 7) is 2.89. The smallest absolute Gasteiger partial charge is 0.338 e. The molecule has 0 unspecified atom stereocenters. The molecule has 0 spiro atoms. The second-order valence-electron chi connectivity index (χ2n) is 6.46. The van der Waals surface area contributed by atoms with Crippen LogP contribution in [0.15, 0.2) is 47.4 Å². The van der Waals surface area contributed by atoms with Gasteiger partial charge in [0, 0.05) is 11.9 Å². The molecule has 2 amide bonds. The fourth-order valence-electron chi connectivity index (χ4n) is 2.48. The van der Waals surface area contributed by atoms with Crippen LogP contribution in [0.1, 0.15) is 21.5 Å². The molecule has 0 radical (unpaired) electrons. The number of hydrogen-bond acceptors (Lipinski definition) is 6. The number of aryl methyl sites for hydroxylation is 2. The van der Waals surface area contributed by atoms with Crippen molar-refractivity contribution >= 4 is 33.3 Å². The van der Waals surface area contributed by atoms with E-state index in [1.54, 1.807) is 0 Å². The number of sulfone groups is 1. The Morgan fingerprint density at radius 3 is 2.07 bits per heavy atom. The summed E-state index contributed by atoms with van der Waals surface area (Å²) >= 11 is 0. The largest absolute Gasteiger partial charge is 0.452 e. The van der Waals surface area contributed by atoms with Crippen LogP contribution < -0.4 is 10.6 Å². The van der Waals surface area contributed by atoms with Crippen molar-refractivity contribution in [2.75, 3.05) is 24.7 Å². The predicted octanol–water partition coefficient (Wildman–Crippen LogP) is 1.62. The SMILES string of the molecule is Cc1cccc(C)c1NC(=O)CNC(=O)COC(=O)c1ccc(S(C)(=O)=O)cc1. The van der Waals surface area contributed by atoms with Crippen LogP contribution in [0.5, 0.6) is 0 Å². The monoisotopic (exact) mass is 418 g/mol. The van der Waals surface area contributed by atoms with E-state index in [4.69, 9.17) is 4.74 Å². The zero-order valence-electron chi connectivity index (χ0n) is 16.3. The molecular weight excluding hydrogens is 396 g/mol. The van der Waals surface area contributed by atoms with Crippen LogP contribution in [0.4, 0.5) is 5.69 Å². The molecule has 2 rings (SSSR count). The zero-order chi connectivity index (χ0) is 21.6. The number of ether oxygens (including phenoxy) is 1. The first-order valence-electron chi connectivity index (χ1n) is 8.68. The molecule has 0 bridgehead atoms. The van der Waals surface area contributed by atoms with Crippen LogP contribution in [0, 0.1) is 13.8 Å². The topological polar surface area (TPSA) is 119 Å². The molecule has 0 aromatic heterocycles. The van der Waals surface area contributed by atoms with Gasteiger partial charge in [-0.05, 0) is 49.2 Å². The van der Waals surface area contributed by atoms with Crippen molar-refractivity contribution in [3.8, 4) is 0 Å². The minimum Gasteiger partial charge on any atom is -0.452 e. The third-order valence-electron chi connectivity index (χ3n) is 4.04. The van der Waals surface area contributed by atoms with E-state index in [1.165, 1.54) is 24.3 Å². The fraction of sp³-hybridized carbons (Fsp3) is 0.250. The molecule has 2 aromatic rings. The minimum absolute atomic E-state index is 0.0710. The maximum absolute atomic E-state index is 12.0. The normalized spacial score (nSPS) is 10.9. The first-order chi connectivity index (χ1) is 13.6. The number of carbonyl (C=O) groups excluding carboxylic acids is 3. The van der Waals surface area contributed by atoms with E-state index in [2.05, 4.69) is 10.6 Å². The third kappa shape index (κ3) is 6.42. The molecule has 29 heavy (non-hydrogen) atoms. The van der Waals surface area contributed by atoms with Crippen molar-refractivity contribution in [1.82, 2.24) is 5.32 Å². The van der Waals surface area contributed by atoms with Crippen LogP contribution in [0.3, 0.4) is 0 Å². The van der Waals surface area contributed by atoms with Crippen LogP contribution in [-0.4, -0.2) is 45.6 Å². The van der Waals surface area contributed by atoms with Crippen LogP contribution in [0.25, 0.3) is 0 Å². The van der Waals surface area contributed by atoms with E-state index < -0.39 is 34.2 Å². The maximum Gasteiger partial charge on any atom is 0.338 e. The van der Waals surface area contributed by atoms with Gasteiger partial charge in [0.2, 0.25) is 5.91 Å². The molecule has 0 fully saturated rings. The molecule has 8 nitrogen and oxygen atoms in total. The summed E-state index contributed by atoms with van der Waals surface area (Å²) in [6, 6.07) is 10.8. The molecule has 2 N–H and O–H groups in total. The Morgan fingerprint density at radius 2 is 1.52 bits per heavy atom. The van der Waals surface area contributed by atoms with Crippen molar-refractivity contribution in [1.29, 1.82) is 0 Å². The van der Waals surface area contributed by atoms with E-state index in [-0.39, 0.29) is 17.0 Å². The summed E-state index contributed by atoms with van der Waals surface area (Å²) in [5.41, 5.74) is 2.61. The second kappa shape index (κ2) is 9.33. The van der Waals surface area contributed by atoms with Gasteiger partial charge >= 0.3 is 5.97 Å². The molecular formula is C20H22N2O6S. The lowest BCUT2D eigenvalue weighted by molar-refractivity contribution is -0.126. The zero-order valence-corrected chi connectivity index (χ0v) is 17.1. The number of hydrogen-bond donors (Lipinski definition) is 2. The van der Waals surface area contributed by atoms with Gasteiger partial charge in [-0.2, -0.15) is 0 Å². The van der Waals surface area contributed by atoms with Crippen LogP contribution >= 0.6 is 0 Å². The number of esters is 1. The van der Waals surface area contributed by atoms with Crippen molar-refractivity contribution < 1.29 is 27.5 Å². The van der Waals surface area contributed by atoms with Gasteiger partial charge in [0.1, 0.15) is 0 Å². The van der Waals surface area contributed by atoms with Gasteiger partial charge in [-0.25, -0.2) is 13.2 Å². The molecule has 0 saturated carbocycles. The summed E-state index contributed by atoms with van der Waals surface area (Å²) in [6.07, 6.45) is 1.06. The molecule has 0 atom stereocenters. The number of anilines is 1. The van der Waals surface area contributed by atoms with Crippen molar-refractivity contribution in [2.24, 2.45) is 0 Å². The summed E-state index contributed by atoms with van der Waals surface area (Å²) in [7, 11) is -3.37. The van der Waals surface area contributed by atoms with Gasteiger partial charge < -0.3 is 15.4 Å². The Labute approximate surface area is 169 Å². The highest BCUT2D eigenvalue weighted by Gasteiger charge is 2.14. The Kier molecular flexibility index (Phi) is 7.11. The summed E-state index contributed by atoms with van der Waals surface area (Å²) in [5.74, 6) is -1.82. The highest BCUT2D eigenvalue weighted by molar-refractivity contribution is 7.90. The molecule has 154 valence electrons. The third-order valence-corrected chi connectivity index (χ3v) is 5.17. The van der Waals surface area contributed by atoms with Gasteiger partial charge in [-0.1, -0.05) is 18.2 Å². The molecule has 0 saturated heterocycles. The predicted molar refractivity (Wildman–Crippen MR) is 107 cm³/mol. The van der Waals surface area contributed by atoms with E-state index in [0.29, 0.717) is 5.69 Å². The van der Waals surface area contributed by atoms with Gasteiger partial charge in [0.15, 0.2) is 16.4 Å². The lowest BCUT2D eigenvalue weighted by Gasteiger charge is -2.12. The lowest BCUT2D eigenvalue weighted by atomic mass is 10.1. The van der Waals surface area contributed by atoms with E-state index in [1.807, 2.05) is 32.0 Å². The fourth-order valence-corrected chi connectivity index (χ4v) is 3.11. The molecule has 9 heteroatoms. The second-order valence-corrected chi connectivity index (χ2v) is 8.48. The van der Waals surface area contributed by atoms with E-state index in [0.717, 1.165) is 17.4 Å².